The molecule has 0 spiro atoms. The van der Waals surface area contributed by atoms with Crippen LogP contribution in [0.15, 0.2) is 84.9 Å². The van der Waals surface area contributed by atoms with Crippen molar-refractivity contribution in [1.29, 1.82) is 0 Å². The normalized spacial score (nSPS) is 13.9. The van der Waals surface area contributed by atoms with Gasteiger partial charge in [0, 0.05) is 37.6 Å². The average Bonchev–Trinajstić information content (AvgIpc) is 3.53. The molecule has 0 amide bonds. The van der Waals surface area contributed by atoms with E-state index in [-0.39, 0.29) is 0 Å². The first-order valence-corrected chi connectivity index (χ1v) is 12.3. The zero-order chi connectivity index (χ0) is 25.5. The van der Waals surface area contributed by atoms with Gasteiger partial charge in [0.25, 0.3) is 0 Å². The number of nitrogens with zero attached hydrogens (tertiary/aromatic N) is 2. The molecular formula is C31H26N2O4. The lowest BCUT2D eigenvalue weighted by Gasteiger charge is -2.19. The number of anilines is 2. The van der Waals surface area contributed by atoms with Crippen LogP contribution >= 0.6 is 0 Å². The monoisotopic (exact) mass is 490 g/mol. The topological polar surface area (TPSA) is 81.1 Å². The van der Waals surface area contributed by atoms with Crippen molar-refractivity contribution in [1.82, 2.24) is 0 Å². The van der Waals surface area contributed by atoms with Gasteiger partial charge >= 0.3 is 11.9 Å². The summed E-state index contributed by atoms with van der Waals surface area (Å²) in [5.74, 6) is -1.78. The van der Waals surface area contributed by atoms with E-state index in [9.17, 15) is 19.8 Å². The fraction of sp³-hybridized carbons (Fsp3) is 0.161. The fourth-order valence-corrected chi connectivity index (χ4v) is 5.31. The van der Waals surface area contributed by atoms with E-state index < -0.39 is 11.9 Å². The highest BCUT2D eigenvalue weighted by Crippen LogP contribution is 2.31. The van der Waals surface area contributed by atoms with E-state index in [2.05, 4.69) is 58.3 Å². The molecule has 0 saturated heterocycles. The van der Waals surface area contributed by atoms with Gasteiger partial charge in [0.2, 0.25) is 0 Å². The predicted octanol–water partition coefficient (Wildman–Crippen LogP) is 5.71. The molecule has 0 unspecified atom stereocenters. The zero-order valence-electron chi connectivity index (χ0n) is 20.2. The first kappa shape index (κ1) is 22.9. The largest absolute Gasteiger partial charge is 0.478 e. The number of rotatable bonds is 6. The van der Waals surface area contributed by atoms with Crippen LogP contribution < -0.4 is 9.80 Å². The molecule has 6 rings (SSSR count). The summed E-state index contributed by atoms with van der Waals surface area (Å²) >= 11 is 0. The molecular weight excluding hydrogens is 464 g/mol. The lowest BCUT2D eigenvalue weighted by Crippen LogP contribution is -2.14. The molecule has 0 fully saturated rings. The highest BCUT2D eigenvalue weighted by Gasteiger charge is 2.22. The van der Waals surface area contributed by atoms with E-state index in [0.29, 0.717) is 11.1 Å². The van der Waals surface area contributed by atoms with Crippen molar-refractivity contribution >= 4 is 23.3 Å². The van der Waals surface area contributed by atoms with Crippen molar-refractivity contribution in [3.05, 3.63) is 129 Å². The number of carboxylic acids is 2. The van der Waals surface area contributed by atoms with Gasteiger partial charge in [-0.3, -0.25) is 0 Å². The molecule has 0 radical (unpaired) electrons. The molecule has 37 heavy (non-hydrogen) atoms. The van der Waals surface area contributed by atoms with Crippen LogP contribution in [0.5, 0.6) is 0 Å². The number of carbonyl (C=O) groups is 2. The van der Waals surface area contributed by atoms with Crippen molar-refractivity contribution in [2.75, 3.05) is 9.80 Å². The van der Waals surface area contributed by atoms with E-state index in [1.165, 1.54) is 22.3 Å². The summed E-state index contributed by atoms with van der Waals surface area (Å²) in [6.45, 7) is 3.01. The molecule has 2 N–H and O–H groups in total. The SMILES string of the molecule is O=C(O)c1ccc2c(c1)CN(c1ccc(Cc3ccc(N4Cc5ccc(C(=O)O)cc5C4)cc3)cc1)C2. The summed E-state index contributed by atoms with van der Waals surface area (Å²) in [5.41, 5.74) is 9.91. The lowest BCUT2D eigenvalue weighted by atomic mass is 10.0. The fourth-order valence-electron chi connectivity index (χ4n) is 5.31. The molecule has 0 aliphatic carbocycles. The van der Waals surface area contributed by atoms with Crippen LogP contribution in [0.4, 0.5) is 11.4 Å². The predicted molar refractivity (Wildman–Crippen MR) is 142 cm³/mol. The Kier molecular flexibility index (Phi) is 5.64. The number of fused-ring (bicyclic) bond motifs is 2. The summed E-state index contributed by atoms with van der Waals surface area (Å²) in [6, 6.07) is 28.0. The van der Waals surface area contributed by atoms with E-state index in [1.54, 1.807) is 24.3 Å². The van der Waals surface area contributed by atoms with E-state index in [4.69, 9.17) is 0 Å². The minimum atomic E-state index is -0.890. The highest BCUT2D eigenvalue weighted by molar-refractivity contribution is 5.88. The second kappa shape index (κ2) is 9.13. The Labute approximate surface area is 215 Å². The Bertz CT molecular complexity index is 1390. The molecule has 0 atom stereocenters. The number of benzene rings is 4. The molecule has 0 saturated carbocycles. The molecule has 6 heteroatoms. The number of hydrogen-bond donors (Lipinski definition) is 2. The third kappa shape index (κ3) is 4.54. The third-order valence-corrected chi connectivity index (χ3v) is 7.36. The molecule has 4 aromatic rings. The Morgan fingerprint density at radius 2 is 0.919 bits per heavy atom. The average molecular weight is 491 g/mol. The van der Waals surface area contributed by atoms with Crippen molar-refractivity contribution in [3.8, 4) is 0 Å². The Hall–Kier alpha value is -4.58. The zero-order valence-corrected chi connectivity index (χ0v) is 20.2. The van der Waals surface area contributed by atoms with Crippen LogP contribution in [-0.4, -0.2) is 22.2 Å². The van der Waals surface area contributed by atoms with Gasteiger partial charge in [0.15, 0.2) is 0 Å². The molecule has 2 heterocycles. The Morgan fingerprint density at radius 3 is 1.30 bits per heavy atom. The summed E-state index contributed by atoms with van der Waals surface area (Å²) in [5, 5.41) is 18.5. The minimum absolute atomic E-state index is 0.337. The van der Waals surface area contributed by atoms with Gasteiger partial charge < -0.3 is 20.0 Å². The summed E-state index contributed by atoms with van der Waals surface area (Å²) in [4.78, 5) is 27.1. The van der Waals surface area contributed by atoms with Crippen molar-refractivity contribution in [2.45, 2.75) is 32.6 Å². The van der Waals surface area contributed by atoms with Crippen molar-refractivity contribution < 1.29 is 19.8 Å². The number of aromatic carboxylic acids is 2. The van der Waals surface area contributed by atoms with Gasteiger partial charge in [-0.05, 0) is 88.3 Å². The molecule has 0 aromatic heterocycles. The van der Waals surface area contributed by atoms with Gasteiger partial charge in [0.1, 0.15) is 0 Å². The smallest absolute Gasteiger partial charge is 0.335 e. The molecule has 4 aromatic carbocycles. The second-order valence-electron chi connectivity index (χ2n) is 9.80. The first-order valence-electron chi connectivity index (χ1n) is 12.3. The maximum absolute atomic E-state index is 11.3. The van der Waals surface area contributed by atoms with E-state index >= 15 is 0 Å². The van der Waals surface area contributed by atoms with Gasteiger partial charge in [-0.1, -0.05) is 36.4 Å². The van der Waals surface area contributed by atoms with E-state index in [0.717, 1.165) is 55.1 Å². The standard InChI is InChI=1S/C31H26N2O4/c34-30(35)22-5-7-24-16-32(18-26(24)14-22)28-9-1-20(2-10-28)13-21-3-11-29(12-4-21)33-17-25-8-6-23(31(36)37)15-27(25)19-33/h1-12,14-15H,13,16-19H2,(H,34,35)(H,36,37). The third-order valence-electron chi connectivity index (χ3n) is 7.36. The van der Waals surface area contributed by atoms with Crippen LogP contribution in [-0.2, 0) is 32.6 Å². The Morgan fingerprint density at radius 1 is 0.541 bits per heavy atom. The van der Waals surface area contributed by atoms with Gasteiger partial charge in [-0.2, -0.15) is 0 Å². The lowest BCUT2D eigenvalue weighted by molar-refractivity contribution is 0.0686. The van der Waals surface area contributed by atoms with Crippen LogP contribution in [0, 0.1) is 0 Å². The maximum Gasteiger partial charge on any atom is 0.335 e. The minimum Gasteiger partial charge on any atom is -0.478 e. The van der Waals surface area contributed by atoms with Crippen molar-refractivity contribution in [3.63, 3.8) is 0 Å². The summed E-state index contributed by atoms with van der Waals surface area (Å²) in [7, 11) is 0. The van der Waals surface area contributed by atoms with Gasteiger partial charge in [0.05, 0.1) is 11.1 Å². The van der Waals surface area contributed by atoms with Crippen LogP contribution in [0.25, 0.3) is 0 Å². The molecule has 6 nitrogen and oxygen atoms in total. The van der Waals surface area contributed by atoms with Gasteiger partial charge in [-0.25, -0.2) is 9.59 Å². The Balaban J connectivity index is 1.09. The van der Waals surface area contributed by atoms with Crippen LogP contribution in [0.3, 0.4) is 0 Å². The highest BCUT2D eigenvalue weighted by atomic mass is 16.4. The molecule has 0 bridgehead atoms. The second-order valence-corrected chi connectivity index (χ2v) is 9.80. The van der Waals surface area contributed by atoms with Crippen LogP contribution in [0.2, 0.25) is 0 Å². The van der Waals surface area contributed by atoms with E-state index in [1.807, 2.05) is 12.1 Å². The maximum atomic E-state index is 11.3. The van der Waals surface area contributed by atoms with Gasteiger partial charge in [-0.15, -0.1) is 0 Å². The first-order chi connectivity index (χ1) is 17.9. The molecule has 184 valence electrons. The number of carboxylic acid groups (broad SMARTS) is 2. The summed E-state index contributed by atoms with van der Waals surface area (Å²) in [6.07, 6.45) is 0.838. The summed E-state index contributed by atoms with van der Waals surface area (Å²) < 4.78 is 0. The van der Waals surface area contributed by atoms with Crippen molar-refractivity contribution in [2.24, 2.45) is 0 Å². The van der Waals surface area contributed by atoms with Crippen LogP contribution in [0.1, 0.15) is 54.1 Å². The quantitative estimate of drug-likeness (QED) is 0.360. The molecule has 2 aliphatic heterocycles. The number of hydrogen-bond acceptors (Lipinski definition) is 4. The molecule has 2 aliphatic rings.